The fraction of sp³-hybridized carbons (Fsp3) is 0.600. The van der Waals surface area contributed by atoms with Gasteiger partial charge in [-0.3, -0.25) is 0 Å². The summed E-state index contributed by atoms with van der Waals surface area (Å²) < 4.78 is 6.40. The molecule has 1 fully saturated rings. The quantitative estimate of drug-likeness (QED) is 0.340. The maximum atomic E-state index is 5.14. The molecule has 1 aliphatic rings. The van der Waals surface area contributed by atoms with Crippen LogP contribution in [-0.4, -0.2) is 25.0 Å². The Morgan fingerprint density at radius 2 is 2.50 bits per heavy atom. The van der Waals surface area contributed by atoms with E-state index >= 15 is 0 Å². The number of ether oxygens (including phenoxy) is 1. The van der Waals surface area contributed by atoms with Gasteiger partial charge < -0.3 is 9.04 Å². The molecule has 0 aliphatic carbocycles. The molecule has 1 rings (SSSR count). The summed E-state index contributed by atoms with van der Waals surface area (Å²) in [6, 6.07) is 0. The molecule has 0 aromatic carbocycles. The molecule has 0 aromatic rings. The lowest BCUT2D eigenvalue weighted by molar-refractivity contribution is -0.708. The van der Waals surface area contributed by atoms with Gasteiger partial charge in [0.05, 0.1) is 13.2 Å². The van der Waals surface area contributed by atoms with Crippen LogP contribution in [0.2, 0.25) is 0 Å². The monoisotopic (exact) mass is 133 g/mol. The predicted molar refractivity (Wildman–Crippen MR) is 36.7 cm³/mol. The standard InChI is InChI=1S/C5H11NOS/c1-6-3-4-7-5-8(6)2/h6H,1-5H2. The Labute approximate surface area is 52.5 Å². The summed E-state index contributed by atoms with van der Waals surface area (Å²) in [5, 5.41) is 0. The maximum absolute atomic E-state index is 5.14. The van der Waals surface area contributed by atoms with Crippen molar-refractivity contribution in [3.05, 3.63) is 7.05 Å². The van der Waals surface area contributed by atoms with Gasteiger partial charge in [-0.25, -0.2) is 0 Å². The Bertz CT molecular complexity index is 105. The average Bonchev–Trinajstić information content (AvgIpc) is 1.77. The molecule has 8 heavy (non-hydrogen) atoms. The minimum Gasteiger partial charge on any atom is -0.410 e. The molecule has 2 nitrogen and oxygen atoms in total. The first kappa shape index (κ1) is 6.26. The summed E-state index contributed by atoms with van der Waals surface area (Å²) in [7, 11) is 3.96. The Balaban J connectivity index is 2.39. The van der Waals surface area contributed by atoms with Crippen molar-refractivity contribution < 1.29 is 9.04 Å². The second kappa shape index (κ2) is 2.62. The number of quaternary nitrogens is 1. The average molecular weight is 133 g/mol. The zero-order valence-corrected chi connectivity index (χ0v) is 5.67. The number of hydrogen-bond acceptors (Lipinski definition) is 1. The van der Waals surface area contributed by atoms with Crippen LogP contribution in [0.5, 0.6) is 0 Å². The third kappa shape index (κ3) is 1.31. The van der Waals surface area contributed by atoms with Crippen molar-refractivity contribution >= 4 is 16.5 Å². The highest BCUT2D eigenvalue weighted by Crippen LogP contribution is 1.99. The first-order chi connectivity index (χ1) is 3.80. The highest BCUT2D eigenvalue weighted by Gasteiger charge is 2.06. The summed E-state index contributed by atoms with van der Waals surface area (Å²) in [5.74, 6) is 4.67. The van der Waals surface area contributed by atoms with E-state index in [9.17, 15) is 0 Å². The van der Waals surface area contributed by atoms with Crippen molar-refractivity contribution in [1.82, 2.24) is 0 Å². The topological polar surface area (TPSA) is 13.7 Å². The third-order valence-corrected chi connectivity index (χ3v) is 2.63. The minimum absolute atomic E-state index is 0.0984. The van der Waals surface area contributed by atoms with Gasteiger partial charge in [0.25, 0.3) is 0 Å². The van der Waals surface area contributed by atoms with Gasteiger partial charge in [0, 0.05) is 0 Å². The molecule has 1 aliphatic heterocycles. The second-order valence-corrected chi connectivity index (χ2v) is 3.61. The first-order valence-corrected chi connectivity index (χ1v) is 4.13. The van der Waals surface area contributed by atoms with Gasteiger partial charge in [0.2, 0.25) is 0 Å². The molecule has 2 unspecified atom stereocenters. The van der Waals surface area contributed by atoms with E-state index in [0.29, 0.717) is 0 Å². The fourth-order valence-corrected chi connectivity index (χ4v) is 1.43. The molecule has 48 valence electrons. The smallest absolute Gasteiger partial charge is 0.133 e. The zero-order chi connectivity index (χ0) is 5.98. The Hall–Kier alpha value is 0.140. The van der Waals surface area contributed by atoms with Gasteiger partial charge in [-0.15, -0.1) is 7.05 Å². The van der Waals surface area contributed by atoms with Gasteiger partial charge in [0.15, 0.2) is 0 Å². The molecule has 0 saturated carbocycles. The Morgan fingerprint density at radius 1 is 1.75 bits per heavy atom. The summed E-state index contributed by atoms with van der Waals surface area (Å²) in [6.45, 7) is 1.85. The molecular formula is C5H11NOS. The minimum atomic E-state index is 0.0984. The Morgan fingerprint density at radius 3 is 2.88 bits per heavy atom. The fourth-order valence-electron chi connectivity index (χ4n) is 0.573. The first-order valence-electron chi connectivity index (χ1n) is 2.57. The van der Waals surface area contributed by atoms with Crippen LogP contribution in [0.4, 0.5) is 0 Å². The third-order valence-electron chi connectivity index (χ3n) is 1.16. The van der Waals surface area contributed by atoms with Crippen LogP contribution in [0.3, 0.4) is 0 Å². The van der Waals surface area contributed by atoms with Crippen molar-refractivity contribution in [2.75, 3.05) is 19.1 Å². The van der Waals surface area contributed by atoms with Crippen molar-refractivity contribution in [2.45, 2.75) is 0 Å². The predicted octanol–water partition coefficient (Wildman–Crippen LogP) is -0.734. The van der Waals surface area contributed by atoms with Crippen molar-refractivity contribution in [3.63, 3.8) is 0 Å². The van der Waals surface area contributed by atoms with Crippen LogP contribution in [0.15, 0.2) is 0 Å². The van der Waals surface area contributed by atoms with E-state index in [1.165, 1.54) is 4.31 Å². The molecule has 0 amide bonds. The van der Waals surface area contributed by atoms with Gasteiger partial charge in [-0.1, -0.05) is 0 Å². The van der Waals surface area contributed by atoms with Crippen molar-refractivity contribution in [1.29, 1.82) is 0 Å². The van der Waals surface area contributed by atoms with E-state index in [2.05, 4.69) is 12.9 Å². The van der Waals surface area contributed by atoms with E-state index in [1.54, 1.807) is 0 Å². The molecule has 1 N–H and O–H groups in total. The van der Waals surface area contributed by atoms with Gasteiger partial charge >= 0.3 is 0 Å². The number of nitrogens with one attached hydrogen (secondary N) is 1. The van der Waals surface area contributed by atoms with Crippen LogP contribution < -0.4 is 4.31 Å². The number of hydrogen-bond donors (Lipinski definition) is 1. The summed E-state index contributed by atoms with van der Waals surface area (Å²) in [4.78, 5) is 0. The molecule has 1 heterocycles. The van der Waals surface area contributed by atoms with Crippen LogP contribution in [0.1, 0.15) is 0 Å². The van der Waals surface area contributed by atoms with E-state index in [1.807, 2.05) is 0 Å². The van der Waals surface area contributed by atoms with Crippen LogP contribution in [0, 0.1) is 7.05 Å². The lowest BCUT2D eigenvalue weighted by Gasteiger charge is -2.27. The molecule has 3 heteroatoms. The second-order valence-electron chi connectivity index (χ2n) is 1.81. The van der Waals surface area contributed by atoms with E-state index in [0.717, 1.165) is 19.1 Å². The van der Waals surface area contributed by atoms with Crippen molar-refractivity contribution in [3.8, 4) is 0 Å². The van der Waals surface area contributed by atoms with E-state index < -0.39 is 0 Å². The SMILES string of the molecule is C=S1COCC[NH+]1[CH2-]. The molecule has 0 bridgehead atoms. The van der Waals surface area contributed by atoms with E-state index in [-0.39, 0.29) is 10.7 Å². The number of rotatable bonds is 0. The maximum Gasteiger partial charge on any atom is 0.133 e. The summed E-state index contributed by atoms with van der Waals surface area (Å²) >= 11 is 0. The van der Waals surface area contributed by atoms with Crippen LogP contribution >= 0.6 is 10.7 Å². The highest BCUT2D eigenvalue weighted by atomic mass is 32.2. The molecule has 2 atom stereocenters. The zero-order valence-electron chi connectivity index (χ0n) is 4.85. The van der Waals surface area contributed by atoms with Crippen molar-refractivity contribution in [2.24, 2.45) is 0 Å². The van der Waals surface area contributed by atoms with Gasteiger partial charge in [0.1, 0.15) is 5.94 Å². The summed E-state index contributed by atoms with van der Waals surface area (Å²) in [5.41, 5.74) is 0. The highest BCUT2D eigenvalue weighted by molar-refractivity contribution is 8.08. The molecular weight excluding hydrogens is 122 g/mol. The summed E-state index contributed by atoms with van der Waals surface area (Å²) in [6.07, 6.45) is 0. The molecule has 1 saturated heterocycles. The molecule has 0 aromatic heterocycles. The van der Waals surface area contributed by atoms with Gasteiger partial charge in [-0.05, 0) is 16.5 Å². The molecule has 0 radical (unpaired) electrons. The molecule has 0 spiro atoms. The van der Waals surface area contributed by atoms with E-state index in [4.69, 9.17) is 4.74 Å². The van der Waals surface area contributed by atoms with Crippen LogP contribution in [-0.2, 0) is 4.74 Å². The van der Waals surface area contributed by atoms with Gasteiger partial charge in [-0.2, -0.15) is 0 Å². The van der Waals surface area contributed by atoms with Crippen LogP contribution in [0.25, 0.3) is 0 Å². The largest absolute Gasteiger partial charge is 0.410 e. The lowest BCUT2D eigenvalue weighted by atomic mass is 10.7. The Kier molecular flexibility index (Phi) is 2.05. The lowest BCUT2D eigenvalue weighted by Crippen LogP contribution is -3.03. The normalized spacial score (nSPS) is 39.6.